The van der Waals surface area contributed by atoms with Gasteiger partial charge in [-0.25, -0.2) is 4.98 Å². The van der Waals surface area contributed by atoms with Gasteiger partial charge in [0.1, 0.15) is 5.01 Å². The number of rotatable bonds is 3. The van der Waals surface area contributed by atoms with Gasteiger partial charge in [-0.3, -0.25) is 4.90 Å². The van der Waals surface area contributed by atoms with Crippen molar-refractivity contribution in [3.05, 3.63) is 16.1 Å². The average Bonchev–Trinajstić information content (AvgIpc) is 2.86. The second kappa shape index (κ2) is 5.25. The highest BCUT2D eigenvalue weighted by atomic mass is 35.5. The van der Waals surface area contributed by atoms with Gasteiger partial charge in [0.15, 0.2) is 0 Å². The minimum absolute atomic E-state index is 0.165. The van der Waals surface area contributed by atoms with E-state index in [0.717, 1.165) is 19.0 Å². The molecule has 1 atom stereocenters. The molecule has 0 aliphatic carbocycles. The summed E-state index contributed by atoms with van der Waals surface area (Å²) in [7, 11) is 0. The quantitative estimate of drug-likeness (QED) is 0.783. The fourth-order valence-corrected chi connectivity index (χ4v) is 3.42. The molecule has 1 unspecified atom stereocenters. The Labute approximate surface area is 113 Å². The van der Waals surface area contributed by atoms with Crippen LogP contribution in [0.4, 0.5) is 0 Å². The predicted molar refractivity (Wildman–Crippen MR) is 74.9 cm³/mol. The molecule has 1 saturated heterocycles. The highest BCUT2D eigenvalue weighted by Gasteiger charge is 2.23. The van der Waals surface area contributed by atoms with Crippen molar-refractivity contribution >= 4 is 22.9 Å². The Bertz CT molecular complexity index is 370. The van der Waals surface area contributed by atoms with Gasteiger partial charge in [-0.2, -0.15) is 0 Å². The molecule has 0 aromatic carbocycles. The molecule has 0 spiro atoms. The second-order valence-electron chi connectivity index (χ2n) is 5.92. The number of halogens is 1. The molecule has 1 fully saturated rings. The zero-order chi connectivity index (χ0) is 12.5. The largest absolute Gasteiger partial charge is 0.296 e. The van der Waals surface area contributed by atoms with Gasteiger partial charge in [-0.1, -0.05) is 20.8 Å². The Kier molecular flexibility index (Phi) is 4.11. The van der Waals surface area contributed by atoms with Gasteiger partial charge >= 0.3 is 0 Å². The van der Waals surface area contributed by atoms with Crippen LogP contribution in [0.5, 0.6) is 0 Å². The lowest BCUT2D eigenvalue weighted by atomic mass is 9.93. The Morgan fingerprint density at radius 1 is 1.53 bits per heavy atom. The zero-order valence-electron chi connectivity index (χ0n) is 10.9. The van der Waals surface area contributed by atoms with E-state index in [0.29, 0.717) is 5.92 Å². The third-order valence-electron chi connectivity index (χ3n) is 3.27. The number of hydrogen-bond acceptors (Lipinski definition) is 3. The van der Waals surface area contributed by atoms with Crippen molar-refractivity contribution in [2.24, 2.45) is 5.92 Å². The summed E-state index contributed by atoms with van der Waals surface area (Å²) in [5.41, 5.74) is 1.38. The molecule has 2 nitrogen and oxygen atoms in total. The van der Waals surface area contributed by atoms with Crippen molar-refractivity contribution in [3.63, 3.8) is 0 Å². The topological polar surface area (TPSA) is 16.1 Å². The van der Waals surface area contributed by atoms with Crippen molar-refractivity contribution in [3.8, 4) is 0 Å². The van der Waals surface area contributed by atoms with E-state index in [1.807, 2.05) is 0 Å². The van der Waals surface area contributed by atoms with Crippen molar-refractivity contribution in [2.45, 2.75) is 39.2 Å². The molecule has 4 heteroatoms. The molecule has 17 heavy (non-hydrogen) atoms. The van der Waals surface area contributed by atoms with Crippen molar-refractivity contribution in [1.29, 1.82) is 0 Å². The van der Waals surface area contributed by atoms with Gasteiger partial charge in [0.25, 0.3) is 0 Å². The molecule has 1 aliphatic heterocycles. The van der Waals surface area contributed by atoms with E-state index < -0.39 is 0 Å². The minimum Gasteiger partial charge on any atom is -0.296 e. The predicted octanol–water partition coefficient (Wildman–Crippen LogP) is 3.50. The fourth-order valence-electron chi connectivity index (χ4n) is 2.10. The Hall–Kier alpha value is -0.120. The lowest BCUT2D eigenvalue weighted by Gasteiger charge is -2.15. The summed E-state index contributed by atoms with van der Waals surface area (Å²) in [4.78, 5) is 7.21. The highest BCUT2D eigenvalue weighted by Crippen LogP contribution is 2.26. The van der Waals surface area contributed by atoms with E-state index in [1.54, 1.807) is 11.3 Å². The van der Waals surface area contributed by atoms with Gasteiger partial charge in [0.2, 0.25) is 0 Å². The lowest BCUT2D eigenvalue weighted by Crippen LogP contribution is -2.20. The summed E-state index contributed by atoms with van der Waals surface area (Å²) >= 11 is 7.69. The SMILES string of the molecule is CC(C)(C)c1csc(CN2CCC(CCl)C2)n1. The fraction of sp³-hybridized carbons (Fsp3) is 0.769. The van der Waals surface area contributed by atoms with Crippen LogP contribution in [0.15, 0.2) is 5.38 Å². The normalized spacial score (nSPS) is 22.2. The van der Waals surface area contributed by atoms with Crippen LogP contribution in [0.2, 0.25) is 0 Å². The number of aromatic nitrogens is 1. The third-order valence-corrected chi connectivity index (χ3v) is 4.54. The summed E-state index contributed by atoms with van der Waals surface area (Å²) in [5.74, 6) is 1.47. The number of alkyl halides is 1. The van der Waals surface area contributed by atoms with Crippen molar-refractivity contribution in [1.82, 2.24) is 9.88 Å². The van der Waals surface area contributed by atoms with E-state index in [4.69, 9.17) is 16.6 Å². The van der Waals surface area contributed by atoms with Crippen molar-refractivity contribution in [2.75, 3.05) is 19.0 Å². The molecule has 1 aliphatic rings. The summed E-state index contributed by atoms with van der Waals surface area (Å²) in [6, 6.07) is 0. The molecule has 0 amide bonds. The maximum absolute atomic E-state index is 5.90. The van der Waals surface area contributed by atoms with Crippen molar-refractivity contribution < 1.29 is 0 Å². The third kappa shape index (κ3) is 3.43. The summed E-state index contributed by atoms with van der Waals surface area (Å²) in [6.45, 7) is 9.94. The maximum atomic E-state index is 5.90. The van der Waals surface area contributed by atoms with E-state index in [2.05, 4.69) is 31.1 Å². The van der Waals surface area contributed by atoms with Gasteiger partial charge in [-0.15, -0.1) is 22.9 Å². The molecular formula is C13H21ClN2S. The van der Waals surface area contributed by atoms with Crippen LogP contribution in [0.3, 0.4) is 0 Å². The lowest BCUT2D eigenvalue weighted by molar-refractivity contribution is 0.319. The van der Waals surface area contributed by atoms with Gasteiger partial charge in [-0.05, 0) is 18.9 Å². The molecule has 2 heterocycles. The van der Waals surface area contributed by atoms with Crippen LogP contribution in [0.25, 0.3) is 0 Å². The van der Waals surface area contributed by atoms with E-state index in [1.165, 1.54) is 23.7 Å². The molecule has 0 saturated carbocycles. The summed E-state index contributed by atoms with van der Waals surface area (Å²) in [5, 5.41) is 3.44. The molecule has 0 N–H and O–H groups in total. The first-order valence-corrected chi connectivity index (χ1v) is 7.63. The van der Waals surface area contributed by atoms with Crippen LogP contribution in [-0.2, 0) is 12.0 Å². The van der Waals surface area contributed by atoms with E-state index in [-0.39, 0.29) is 5.41 Å². The molecule has 96 valence electrons. The average molecular weight is 273 g/mol. The van der Waals surface area contributed by atoms with Gasteiger partial charge < -0.3 is 0 Å². The second-order valence-corrected chi connectivity index (χ2v) is 7.17. The summed E-state index contributed by atoms with van der Waals surface area (Å²) in [6.07, 6.45) is 1.24. The molecule has 0 radical (unpaired) electrons. The highest BCUT2D eigenvalue weighted by molar-refractivity contribution is 7.09. The molecular weight excluding hydrogens is 252 g/mol. The standard InChI is InChI=1S/C13H21ClN2S/c1-13(2,3)11-9-17-12(15-11)8-16-5-4-10(6-14)7-16/h9-10H,4-8H2,1-3H3. The molecule has 1 aromatic heterocycles. The number of hydrogen-bond donors (Lipinski definition) is 0. The zero-order valence-corrected chi connectivity index (χ0v) is 12.4. The minimum atomic E-state index is 0.165. The van der Waals surface area contributed by atoms with Gasteiger partial charge in [0.05, 0.1) is 12.2 Å². The van der Waals surface area contributed by atoms with Crippen LogP contribution >= 0.6 is 22.9 Å². The van der Waals surface area contributed by atoms with Gasteiger partial charge in [0, 0.05) is 23.2 Å². The number of thiazole rings is 1. The van der Waals surface area contributed by atoms with E-state index >= 15 is 0 Å². The van der Waals surface area contributed by atoms with Crippen LogP contribution in [0, 0.1) is 5.92 Å². The van der Waals surface area contributed by atoms with Crippen LogP contribution in [-0.4, -0.2) is 28.9 Å². The van der Waals surface area contributed by atoms with Crippen LogP contribution < -0.4 is 0 Å². The molecule has 0 bridgehead atoms. The Morgan fingerprint density at radius 2 is 2.29 bits per heavy atom. The monoisotopic (exact) mass is 272 g/mol. The number of likely N-dealkylation sites (tertiary alicyclic amines) is 1. The smallest absolute Gasteiger partial charge is 0.107 e. The maximum Gasteiger partial charge on any atom is 0.107 e. The van der Waals surface area contributed by atoms with E-state index in [9.17, 15) is 0 Å². The first-order chi connectivity index (χ1) is 7.99. The molecule has 1 aromatic rings. The van der Waals surface area contributed by atoms with Crippen LogP contribution in [0.1, 0.15) is 37.9 Å². The number of nitrogens with zero attached hydrogens (tertiary/aromatic N) is 2. The first-order valence-electron chi connectivity index (χ1n) is 6.22. The first kappa shape index (κ1) is 13.3. The molecule has 2 rings (SSSR count). The summed E-state index contributed by atoms with van der Waals surface area (Å²) < 4.78 is 0. The Balaban J connectivity index is 1.94. The Morgan fingerprint density at radius 3 is 2.82 bits per heavy atom.